The van der Waals surface area contributed by atoms with Gasteiger partial charge in [0.1, 0.15) is 5.82 Å². The monoisotopic (exact) mass is 256 g/mol. The molecule has 0 spiro atoms. The molecule has 2 atom stereocenters. The molecule has 1 aromatic rings. The van der Waals surface area contributed by atoms with Crippen molar-refractivity contribution >= 4 is 11.6 Å². The highest BCUT2D eigenvalue weighted by molar-refractivity contribution is 6.30. The van der Waals surface area contributed by atoms with Crippen LogP contribution in [-0.4, -0.2) is 5.11 Å². The van der Waals surface area contributed by atoms with Crippen LogP contribution in [-0.2, 0) is 5.60 Å². The minimum atomic E-state index is -1.07. The van der Waals surface area contributed by atoms with Crippen LogP contribution in [0.25, 0.3) is 0 Å². The lowest BCUT2D eigenvalue weighted by Gasteiger charge is -2.29. The summed E-state index contributed by atoms with van der Waals surface area (Å²) in [6.45, 7) is 6.19. The summed E-state index contributed by atoms with van der Waals surface area (Å²) in [7, 11) is 0. The summed E-state index contributed by atoms with van der Waals surface area (Å²) in [6.07, 6.45) is 1.48. The van der Waals surface area contributed by atoms with E-state index in [9.17, 15) is 9.50 Å². The number of halogens is 2. The summed E-state index contributed by atoms with van der Waals surface area (Å²) in [5.41, 5.74) is -0.654. The van der Waals surface area contributed by atoms with E-state index in [-0.39, 0.29) is 11.3 Å². The van der Waals surface area contributed by atoms with Crippen LogP contribution in [0.15, 0.2) is 18.2 Å². The number of rotatable bonds is 1. The molecular weight excluding hydrogens is 239 g/mol. The Morgan fingerprint density at radius 1 is 1.41 bits per heavy atom. The summed E-state index contributed by atoms with van der Waals surface area (Å²) in [4.78, 5) is 0. The summed E-state index contributed by atoms with van der Waals surface area (Å²) in [6, 6.07) is 4.51. The molecule has 0 heterocycles. The molecule has 0 radical (unpaired) electrons. The molecule has 1 saturated carbocycles. The smallest absolute Gasteiger partial charge is 0.130 e. The van der Waals surface area contributed by atoms with Gasteiger partial charge in [-0.25, -0.2) is 4.39 Å². The molecule has 1 aliphatic carbocycles. The minimum absolute atomic E-state index is 0.0419. The molecule has 1 aliphatic rings. The minimum Gasteiger partial charge on any atom is -0.385 e. The van der Waals surface area contributed by atoms with Crippen molar-refractivity contribution in [1.82, 2.24) is 0 Å². The molecule has 0 amide bonds. The molecule has 1 aromatic carbocycles. The largest absolute Gasteiger partial charge is 0.385 e. The predicted octanol–water partition coefficient (Wildman–Crippen LogP) is 4.12. The Hall–Kier alpha value is -0.600. The van der Waals surface area contributed by atoms with Gasteiger partial charge in [-0.2, -0.15) is 0 Å². The lowest BCUT2D eigenvalue weighted by molar-refractivity contribution is -0.00405. The second-order valence-corrected chi connectivity index (χ2v) is 6.43. The molecule has 2 unspecified atom stereocenters. The molecule has 0 aromatic heterocycles. The Bertz CT molecular complexity index is 444. The van der Waals surface area contributed by atoms with Gasteiger partial charge in [-0.3, -0.25) is 0 Å². The average Bonchev–Trinajstić information content (AvgIpc) is 2.35. The van der Waals surface area contributed by atoms with Gasteiger partial charge in [0.2, 0.25) is 0 Å². The van der Waals surface area contributed by atoms with Gasteiger partial charge >= 0.3 is 0 Å². The lowest BCUT2D eigenvalue weighted by atomic mass is 9.83. The average molecular weight is 257 g/mol. The third kappa shape index (κ3) is 2.21. The Kier molecular flexibility index (Phi) is 2.99. The fourth-order valence-corrected chi connectivity index (χ4v) is 3.33. The molecule has 1 N–H and O–H groups in total. The van der Waals surface area contributed by atoms with Gasteiger partial charge in [0.05, 0.1) is 5.60 Å². The quantitative estimate of drug-likeness (QED) is 0.801. The normalized spacial score (nSPS) is 31.8. The van der Waals surface area contributed by atoms with Crippen molar-refractivity contribution in [2.75, 3.05) is 0 Å². The molecule has 17 heavy (non-hydrogen) atoms. The van der Waals surface area contributed by atoms with E-state index < -0.39 is 11.4 Å². The standard InChI is InChI=1S/C14H18ClFO/c1-9-7-13(2,3)8-14(9,17)11-5-4-10(15)6-12(11)16/h4-6,9,17H,7-8H2,1-3H3. The van der Waals surface area contributed by atoms with Crippen molar-refractivity contribution < 1.29 is 9.50 Å². The summed E-state index contributed by atoms with van der Waals surface area (Å²) < 4.78 is 13.9. The SMILES string of the molecule is CC1CC(C)(C)CC1(O)c1ccc(Cl)cc1F. The van der Waals surface area contributed by atoms with E-state index in [0.717, 1.165) is 6.42 Å². The first-order valence-electron chi connectivity index (χ1n) is 5.92. The third-order valence-corrected chi connectivity index (χ3v) is 4.05. The van der Waals surface area contributed by atoms with Crippen LogP contribution in [0.2, 0.25) is 5.02 Å². The highest BCUT2D eigenvalue weighted by atomic mass is 35.5. The molecule has 3 heteroatoms. The highest BCUT2D eigenvalue weighted by Gasteiger charge is 2.49. The molecule has 94 valence electrons. The Morgan fingerprint density at radius 2 is 2.06 bits per heavy atom. The van der Waals surface area contributed by atoms with Crippen molar-refractivity contribution in [3.63, 3.8) is 0 Å². The van der Waals surface area contributed by atoms with E-state index in [1.54, 1.807) is 12.1 Å². The van der Waals surface area contributed by atoms with Crippen LogP contribution < -0.4 is 0 Å². The van der Waals surface area contributed by atoms with Gasteiger partial charge in [-0.1, -0.05) is 38.4 Å². The first-order valence-corrected chi connectivity index (χ1v) is 6.30. The summed E-state index contributed by atoms with van der Waals surface area (Å²) in [5, 5.41) is 11.1. The molecular formula is C14H18ClFO. The van der Waals surface area contributed by atoms with Crippen LogP contribution in [0.1, 0.15) is 39.2 Å². The molecule has 0 aliphatic heterocycles. The number of hydrogen-bond acceptors (Lipinski definition) is 1. The topological polar surface area (TPSA) is 20.2 Å². The van der Waals surface area contributed by atoms with Crippen LogP contribution in [0.4, 0.5) is 4.39 Å². The third-order valence-electron chi connectivity index (χ3n) is 3.82. The van der Waals surface area contributed by atoms with E-state index >= 15 is 0 Å². The van der Waals surface area contributed by atoms with E-state index in [1.165, 1.54) is 6.07 Å². The van der Waals surface area contributed by atoms with Crippen molar-refractivity contribution in [3.8, 4) is 0 Å². The molecule has 2 rings (SSSR count). The fraction of sp³-hybridized carbons (Fsp3) is 0.571. The van der Waals surface area contributed by atoms with E-state index in [0.29, 0.717) is 17.0 Å². The van der Waals surface area contributed by atoms with Gasteiger partial charge in [0, 0.05) is 10.6 Å². The zero-order chi connectivity index (χ0) is 12.8. The first kappa shape index (κ1) is 12.8. The summed E-state index contributed by atoms with van der Waals surface area (Å²) in [5.74, 6) is -0.363. The van der Waals surface area contributed by atoms with Crippen molar-refractivity contribution in [3.05, 3.63) is 34.6 Å². The maximum atomic E-state index is 13.9. The van der Waals surface area contributed by atoms with Crippen molar-refractivity contribution in [2.45, 2.75) is 39.2 Å². The number of aliphatic hydroxyl groups is 1. The first-order chi connectivity index (χ1) is 7.74. The Morgan fingerprint density at radius 3 is 2.53 bits per heavy atom. The maximum Gasteiger partial charge on any atom is 0.130 e. The molecule has 0 saturated heterocycles. The second-order valence-electron chi connectivity index (χ2n) is 5.99. The van der Waals surface area contributed by atoms with Crippen LogP contribution in [0, 0.1) is 17.2 Å². The summed E-state index contributed by atoms with van der Waals surface area (Å²) >= 11 is 5.74. The van der Waals surface area contributed by atoms with Gasteiger partial charge in [0.15, 0.2) is 0 Å². The van der Waals surface area contributed by atoms with Crippen LogP contribution in [0.5, 0.6) is 0 Å². The van der Waals surface area contributed by atoms with Crippen molar-refractivity contribution in [2.24, 2.45) is 11.3 Å². The van der Waals surface area contributed by atoms with Gasteiger partial charge in [-0.05, 0) is 36.3 Å². The Labute approximate surface area is 107 Å². The zero-order valence-electron chi connectivity index (χ0n) is 10.4. The highest BCUT2D eigenvalue weighted by Crippen LogP contribution is 2.53. The second kappa shape index (κ2) is 3.96. The molecule has 0 bridgehead atoms. The fourth-order valence-electron chi connectivity index (χ4n) is 3.17. The van der Waals surface area contributed by atoms with Crippen molar-refractivity contribution in [1.29, 1.82) is 0 Å². The van der Waals surface area contributed by atoms with Gasteiger partial charge in [0.25, 0.3) is 0 Å². The Balaban J connectivity index is 2.45. The predicted molar refractivity (Wildman–Crippen MR) is 67.5 cm³/mol. The number of benzene rings is 1. The molecule has 1 nitrogen and oxygen atoms in total. The lowest BCUT2D eigenvalue weighted by Crippen LogP contribution is -2.30. The zero-order valence-corrected chi connectivity index (χ0v) is 11.2. The van der Waals surface area contributed by atoms with E-state index in [2.05, 4.69) is 13.8 Å². The van der Waals surface area contributed by atoms with Crippen LogP contribution in [0.3, 0.4) is 0 Å². The van der Waals surface area contributed by atoms with Gasteiger partial charge in [-0.15, -0.1) is 0 Å². The van der Waals surface area contributed by atoms with E-state index in [4.69, 9.17) is 11.6 Å². The number of hydrogen-bond donors (Lipinski definition) is 1. The van der Waals surface area contributed by atoms with Crippen LogP contribution >= 0.6 is 11.6 Å². The van der Waals surface area contributed by atoms with Gasteiger partial charge < -0.3 is 5.11 Å². The maximum absolute atomic E-state index is 13.9. The van der Waals surface area contributed by atoms with E-state index in [1.807, 2.05) is 6.92 Å². The molecule has 1 fully saturated rings.